The number of hydrogen-bond acceptors (Lipinski definition) is 3. The highest BCUT2D eigenvalue weighted by atomic mass is 127. The van der Waals surface area contributed by atoms with Crippen molar-refractivity contribution in [3.05, 3.63) is 14.1 Å². The van der Waals surface area contributed by atoms with Gasteiger partial charge in [0.25, 0.3) is 0 Å². The van der Waals surface area contributed by atoms with E-state index in [1.165, 1.54) is 27.2 Å². The molecular weight excluding hydrogens is 307 g/mol. The first-order chi connectivity index (χ1) is 6.75. The van der Waals surface area contributed by atoms with Crippen LogP contribution in [0.25, 0.3) is 0 Å². The molecule has 78 valence electrons. The first-order valence-electron chi connectivity index (χ1n) is 5.09. The van der Waals surface area contributed by atoms with Gasteiger partial charge in [-0.3, -0.25) is 0 Å². The molecule has 1 fully saturated rings. The van der Waals surface area contributed by atoms with Crippen molar-refractivity contribution in [2.45, 2.75) is 38.8 Å². The smallest absolute Gasteiger partial charge is 0.107 e. The molecule has 1 N–H and O–H groups in total. The predicted molar refractivity (Wildman–Crippen MR) is 68.5 cm³/mol. The van der Waals surface area contributed by atoms with Gasteiger partial charge in [0.05, 0.1) is 9.08 Å². The number of hydrogen-bond donors (Lipinski definition) is 1. The number of rotatable bonds is 3. The summed E-state index contributed by atoms with van der Waals surface area (Å²) in [5.74, 6) is 0.842. The van der Waals surface area contributed by atoms with E-state index in [-0.39, 0.29) is 0 Å². The Morgan fingerprint density at radius 3 is 3.07 bits per heavy atom. The number of nitrogens with zero attached hydrogens (tertiary/aromatic N) is 1. The summed E-state index contributed by atoms with van der Waals surface area (Å²) >= 11 is 4.11. The van der Waals surface area contributed by atoms with Crippen molar-refractivity contribution in [2.24, 2.45) is 5.92 Å². The molecule has 1 heterocycles. The minimum atomic E-state index is 0.719. The largest absolute Gasteiger partial charge is 0.307 e. The minimum Gasteiger partial charge on any atom is -0.307 e. The van der Waals surface area contributed by atoms with Gasteiger partial charge in [-0.2, -0.15) is 0 Å². The van der Waals surface area contributed by atoms with Gasteiger partial charge in [0.2, 0.25) is 0 Å². The van der Waals surface area contributed by atoms with Crippen LogP contribution < -0.4 is 5.32 Å². The molecular formula is C10H15IN2S. The van der Waals surface area contributed by atoms with E-state index in [9.17, 15) is 0 Å². The Balaban J connectivity index is 1.82. The molecule has 1 saturated carbocycles. The molecule has 1 aliphatic rings. The summed E-state index contributed by atoms with van der Waals surface area (Å²) in [7, 11) is 0. The molecule has 0 aromatic carbocycles. The van der Waals surface area contributed by atoms with Crippen molar-refractivity contribution in [1.82, 2.24) is 10.3 Å². The van der Waals surface area contributed by atoms with Crippen LogP contribution in [0.4, 0.5) is 0 Å². The van der Waals surface area contributed by atoms with Crippen LogP contribution in [0.2, 0.25) is 0 Å². The van der Waals surface area contributed by atoms with Gasteiger partial charge < -0.3 is 5.32 Å². The summed E-state index contributed by atoms with van der Waals surface area (Å²) in [6.07, 6.45) is 6.05. The maximum Gasteiger partial charge on any atom is 0.107 e. The van der Waals surface area contributed by atoms with Gasteiger partial charge in [0.15, 0.2) is 0 Å². The van der Waals surface area contributed by atoms with Gasteiger partial charge in [-0.25, -0.2) is 4.98 Å². The summed E-state index contributed by atoms with van der Waals surface area (Å²) in [4.78, 5) is 4.35. The molecule has 1 aliphatic carbocycles. The average molecular weight is 322 g/mol. The van der Waals surface area contributed by atoms with Crippen LogP contribution in [0.3, 0.4) is 0 Å². The van der Waals surface area contributed by atoms with Crippen LogP contribution in [0.15, 0.2) is 6.20 Å². The van der Waals surface area contributed by atoms with Crippen LogP contribution in [0.1, 0.15) is 31.2 Å². The Hall–Kier alpha value is 0.320. The molecule has 2 rings (SSSR count). The normalized spacial score (nSPS) is 27.0. The first kappa shape index (κ1) is 10.8. The van der Waals surface area contributed by atoms with Gasteiger partial charge >= 0.3 is 0 Å². The zero-order valence-corrected chi connectivity index (χ0v) is 11.3. The summed E-state index contributed by atoms with van der Waals surface area (Å²) in [5, 5.41) is 4.82. The van der Waals surface area contributed by atoms with Gasteiger partial charge in [-0.05, 0) is 41.4 Å². The molecule has 0 radical (unpaired) electrons. The van der Waals surface area contributed by atoms with Crippen molar-refractivity contribution in [2.75, 3.05) is 0 Å². The van der Waals surface area contributed by atoms with Gasteiger partial charge in [-0.1, -0.05) is 13.3 Å². The molecule has 2 atom stereocenters. The summed E-state index contributed by atoms with van der Waals surface area (Å²) < 4.78 is 1.28. The molecule has 0 saturated heterocycles. The second kappa shape index (κ2) is 4.90. The highest BCUT2D eigenvalue weighted by Crippen LogP contribution is 2.25. The Bertz CT molecular complexity index is 300. The standard InChI is InChI=1S/C10H15IN2S/c1-7-3-2-4-8(7)12-6-10-13-5-9(11)14-10/h5,7-8,12H,2-4,6H2,1H3. The number of halogens is 1. The Kier molecular flexibility index (Phi) is 3.79. The monoisotopic (exact) mass is 322 g/mol. The van der Waals surface area contributed by atoms with Crippen molar-refractivity contribution in [1.29, 1.82) is 0 Å². The molecule has 2 nitrogen and oxygen atoms in total. The summed E-state index contributed by atoms with van der Waals surface area (Å²) in [5.41, 5.74) is 0. The highest BCUT2D eigenvalue weighted by molar-refractivity contribution is 14.1. The fourth-order valence-electron chi connectivity index (χ4n) is 2.04. The second-order valence-electron chi connectivity index (χ2n) is 3.95. The number of thiazole rings is 1. The molecule has 2 unspecified atom stereocenters. The SMILES string of the molecule is CC1CCCC1NCc1ncc(I)s1. The van der Waals surface area contributed by atoms with E-state index in [1.807, 2.05) is 6.20 Å². The highest BCUT2D eigenvalue weighted by Gasteiger charge is 2.22. The van der Waals surface area contributed by atoms with Gasteiger partial charge in [-0.15, -0.1) is 11.3 Å². The van der Waals surface area contributed by atoms with Crippen LogP contribution in [-0.2, 0) is 6.54 Å². The fourth-order valence-corrected chi connectivity index (χ4v) is 3.53. The summed E-state index contributed by atoms with van der Waals surface area (Å²) in [6.45, 7) is 3.29. The number of aromatic nitrogens is 1. The molecule has 4 heteroatoms. The van der Waals surface area contributed by atoms with Crippen molar-refractivity contribution >= 4 is 33.9 Å². The lowest BCUT2D eigenvalue weighted by Gasteiger charge is -2.15. The van der Waals surface area contributed by atoms with E-state index in [2.05, 4.69) is 39.8 Å². The predicted octanol–water partition coefficient (Wildman–Crippen LogP) is 3.03. The lowest BCUT2D eigenvalue weighted by Crippen LogP contribution is -2.30. The van der Waals surface area contributed by atoms with Crippen LogP contribution in [0.5, 0.6) is 0 Å². The van der Waals surface area contributed by atoms with Crippen molar-refractivity contribution in [3.63, 3.8) is 0 Å². The van der Waals surface area contributed by atoms with Gasteiger partial charge in [0.1, 0.15) is 5.01 Å². The van der Waals surface area contributed by atoms with Gasteiger partial charge in [0, 0.05) is 12.6 Å². The van der Waals surface area contributed by atoms with E-state index < -0.39 is 0 Å². The Morgan fingerprint density at radius 1 is 1.64 bits per heavy atom. The Morgan fingerprint density at radius 2 is 2.50 bits per heavy atom. The van der Waals surface area contributed by atoms with E-state index in [4.69, 9.17) is 0 Å². The quantitative estimate of drug-likeness (QED) is 0.866. The molecule has 14 heavy (non-hydrogen) atoms. The van der Waals surface area contributed by atoms with E-state index >= 15 is 0 Å². The molecule has 1 aromatic heterocycles. The Labute approximate surface area is 103 Å². The zero-order valence-electron chi connectivity index (χ0n) is 8.29. The maximum absolute atomic E-state index is 4.35. The van der Waals surface area contributed by atoms with Crippen molar-refractivity contribution < 1.29 is 0 Å². The third kappa shape index (κ3) is 2.67. The number of nitrogens with one attached hydrogen (secondary N) is 1. The lowest BCUT2D eigenvalue weighted by molar-refractivity contribution is 0.425. The molecule has 0 amide bonds. The van der Waals surface area contributed by atoms with E-state index in [0.29, 0.717) is 0 Å². The van der Waals surface area contributed by atoms with Crippen LogP contribution in [-0.4, -0.2) is 11.0 Å². The van der Waals surface area contributed by atoms with Crippen molar-refractivity contribution in [3.8, 4) is 0 Å². The van der Waals surface area contributed by atoms with E-state index in [0.717, 1.165) is 18.5 Å². The van der Waals surface area contributed by atoms with E-state index in [1.54, 1.807) is 11.3 Å². The molecule has 0 spiro atoms. The third-order valence-corrected chi connectivity index (χ3v) is 4.63. The first-order valence-corrected chi connectivity index (χ1v) is 6.99. The second-order valence-corrected chi connectivity index (χ2v) is 6.96. The third-order valence-electron chi connectivity index (χ3n) is 2.90. The molecule has 0 bridgehead atoms. The zero-order chi connectivity index (χ0) is 9.97. The molecule has 0 aliphatic heterocycles. The molecule has 1 aromatic rings. The minimum absolute atomic E-state index is 0.719. The fraction of sp³-hybridized carbons (Fsp3) is 0.700. The topological polar surface area (TPSA) is 24.9 Å². The van der Waals surface area contributed by atoms with Crippen LogP contribution >= 0.6 is 33.9 Å². The van der Waals surface area contributed by atoms with Crippen LogP contribution in [0, 0.1) is 8.80 Å². The lowest BCUT2D eigenvalue weighted by atomic mass is 10.1. The average Bonchev–Trinajstić information content (AvgIpc) is 2.72. The summed E-state index contributed by atoms with van der Waals surface area (Å²) in [6, 6.07) is 0.719. The maximum atomic E-state index is 4.35.